The molecule has 1 atom stereocenters. The Balaban J connectivity index is 2.81. The van der Waals surface area contributed by atoms with E-state index in [2.05, 4.69) is 34.6 Å². The van der Waals surface area contributed by atoms with Gasteiger partial charge in [-0.25, -0.2) is 0 Å². The highest BCUT2D eigenvalue weighted by atomic mass is 14.4. The predicted octanol–water partition coefficient (Wildman–Crippen LogP) is 3.96. The first-order valence-corrected chi connectivity index (χ1v) is 5.45. The van der Waals surface area contributed by atoms with Gasteiger partial charge >= 0.3 is 0 Å². The van der Waals surface area contributed by atoms with Crippen molar-refractivity contribution in [3.8, 4) is 0 Å². The molecule has 0 N–H and O–H groups in total. The van der Waals surface area contributed by atoms with Gasteiger partial charge in [0.05, 0.1) is 7.85 Å². The average molecular weight is 178 g/mol. The smallest absolute Gasteiger partial charge is 0.0608 e. The summed E-state index contributed by atoms with van der Waals surface area (Å²) in [5.74, 6) is 0. The zero-order valence-corrected chi connectivity index (χ0v) is 9.91. The number of hydrogen-bond donors (Lipinski definition) is 0. The van der Waals surface area contributed by atoms with Gasteiger partial charge in [-0.2, -0.15) is 0 Å². The van der Waals surface area contributed by atoms with Crippen molar-refractivity contribution in [3.63, 3.8) is 0 Å². The minimum Gasteiger partial charge on any atom is -0.0608 e. The maximum Gasteiger partial charge on any atom is 0.0753 e. The van der Waals surface area contributed by atoms with Gasteiger partial charge < -0.3 is 0 Å². The predicted molar refractivity (Wildman–Crippen MR) is 60.2 cm³/mol. The third-order valence-electron chi connectivity index (χ3n) is 3.76. The van der Waals surface area contributed by atoms with Crippen molar-refractivity contribution in [3.05, 3.63) is 0 Å². The highest BCUT2D eigenvalue weighted by Gasteiger charge is 2.43. The van der Waals surface area contributed by atoms with Crippen LogP contribution < -0.4 is 0 Å². The summed E-state index contributed by atoms with van der Waals surface area (Å²) < 4.78 is 0. The molecule has 0 amide bonds. The van der Waals surface area contributed by atoms with Crippen molar-refractivity contribution in [2.45, 2.75) is 65.6 Å². The second kappa shape index (κ2) is 3.03. The van der Waals surface area contributed by atoms with Gasteiger partial charge in [-0.15, -0.1) is 0 Å². The molecule has 1 saturated carbocycles. The second-order valence-corrected chi connectivity index (χ2v) is 6.60. The first kappa shape index (κ1) is 11.1. The molecule has 0 heterocycles. The van der Waals surface area contributed by atoms with Crippen LogP contribution in [0.3, 0.4) is 0 Å². The molecule has 0 aromatic heterocycles. The molecule has 0 bridgehead atoms. The van der Waals surface area contributed by atoms with Crippen molar-refractivity contribution in [2.75, 3.05) is 0 Å². The van der Waals surface area contributed by atoms with E-state index in [0.29, 0.717) is 5.41 Å². The highest BCUT2D eigenvalue weighted by Crippen LogP contribution is 2.58. The Morgan fingerprint density at radius 3 is 1.92 bits per heavy atom. The summed E-state index contributed by atoms with van der Waals surface area (Å²) in [5.41, 5.74) is 0.685. The van der Waals surface area contributed by atoms with Crippen LogP contribution in [0.2, 0.25) is 5.31 Å². The molecule has 0 aliphatic heterocycles. The molecule has 1 aliphatic rings. The summed E-state index contributed by atoms with van der Waals surface area (Å²) in [6.45, 7) is 11.5. The van der Waals surface area contributed by atoms with Gasteiger partial charge in [0.1, 0.15) is 0 Å². The Bertz CT molecular complexity index is 188. The zero-order chi connectivity index (χ0) is 10.3. The largest absolute Gasteiger partial charge is 0.0753 e. The molecule has 1 aliphatic carbocycles. The lowest BCUT2D eigenvalue weighted by atomic mass is 9.45. The fourth-order valence-corrected chi connectivity index (χ4v) is 2.55. The van der Waals surface area contributed by atoms with Gasteiger partial charge in [0.25, 0.3) is 0 Å². The first-order valence-electron chi connectivity index (χ1n) is 5.45. The van der Waals surface area contributed by atoms with Gasteiger partial charge in [0.15, 0.2) is 0 Å². The standard InChI is InChI=1S/C12H23B/c1-10(2,3)12(13)8-6-7-11(4,5)9-12/h6-9H2,1-5H3. The van der Waals surface area contributed by atoms with Crippen LogP contribution in [-0.4, -0.2) is 7.85 Å². The van der Waals surface area contributed by atoms with Crippen molar-refractivity contribution in [1.82, 2.24) is 0 Å². The van der Waals surface area contributed by atoms with Crippen LogP contribution in [0.4, 0.5) is 0 Å². The Morgan fingerprint density at radius 1 is 1.08 bits per heavy atom. The molecule has 1 heteroatoms. The topological polar surface area (TPSA) is 0 Å². The Morgan fingerprint density at radius 2 is 1.62 bits per heavy atom. The first-order chi connectivity index (χ1) is 5.66. The van der Waals surface area contributed by atoms with E-state index in [1.54, 1.807) is 0 Å². The van der Waals surface area contributed by atoms with Crippen LogP contribution in [0.25, 0.3) is 0 Å². The summed E-state index contributed by atoms with van der Waals surface area (Å²) >= 11 is 0. The SMILES string of the molecule is [B]C1(C(C)(C)C)CCCC(C)(C)C1. The van der Waals surface area contributed by atoms with Gasteiger partial charge in [-0.3, -0.25) is 0 Å². The average Bonchev–Trinajstić information content (AvgIpc) is 1.80. The summed E-state index contributed by atoms with van der Waals surface area (Å²) in [4.78, 5) is 0. The quantitative estimate of drug-likeness (QED) is 0.492. The van der Waals surface area contributed by atoms with E-state index < -0.39 is 0 Å². The fraction of sp³-hybridized carbons (Fsp3) is 1.00. The van der Waals surface area contributed by atoms with Crippen LogP contribution in [0, 0.1) is 10.8 Å². The molecule has 2 radical (unpaired) electrons. The van der Waals surface area contributed by atoms with Crippen molar-refractivity contribution in [1.29, 1.82) is 0 Å². The van der Waals surface area contributed by atoms with Crippen molar-refractivity contribution < 1.29 is 0 Å². The number of hydrogen-bond acceptors (Lipinski definition) is 0. The van der Waals surface area contributed by atoms with Gasteiger partial charge in [0, 0.05) is 0 Å². The lowest BCUT2D eigenvalue weighted by Crippen LogP contribution is -2.37. The van der Waals surface area contributed by atoms with Crippen molar-refractivity contribution in [2.24, 2.45) is 10.8 Å². The molecule has 1 fully saturated rings. The highest BCUT2D eigenvalue weighted by molar-refractivity contribution is 6.15. The van der Waals surface area contributed by atoms with Gasteiger partial charge in [0.2, 0.25) is 0 Å². The monoisotopic (exact) mass is 178 g/mol. The molecule has 1 unspecified atom stereocenters. The summed E-state index contributed by atoms with van der Waals surface area (Å²) in [7, 11) is 6.51. The van der Waals surface area contributed by atoms with E-state index in [0.717, 1.165) is 0 Å². The van der Waals surface area contributed by atoms with E-state index in [9.17, 15) is 0 Å². The molecule has 0 aromatic rings. The molecule has 0 aromatic carbocycles. The molecule has 13 heavy (non-hydrogen) atoms. The fourth-order valence-electron chi connectivity index (χ4n) is 2.55. The lowest BCUT2D eigenvalue weighted by molar-refractivity contribution is 0.112. The summed E-state index contributed by atoms with van der Waals surface area (Å²) in [5, 5.41) is 0.0503. The minimum atomic E-state index is 0.0503. The second-order valence-electron chi connectivity index (χ2n) is 6.60. The molecular weight excluding hydrogens is 155 g/mol. The number of rotatable bonds is 0. The Hall–Kier alpha value is 0.0649. The van der Waals surface area contributed by atoms with Crippen LogP contribution >= 0.6 is 0 Å². The van der Waals surface area contributed by atoms with E-state index >= 15 is 0 Å². The van der Waals surface area contributed by atoms with Crippen LogP contribution in [0.5, 0.6) is 0 Å². The van der Waals surface area contributed by atoms with E-state index in [1.807, 2.05) is 0 Å². The van der Waals surface area contributed by atoms with E-state index in [-0.39, 0.29) is 10.7 Å². The van der Waals surface area contributed by atoms with Crippen LogP contribution in [0.1, 0.15) is 60.3 Å². The third-order valence-corrected chi connectivity index (χ3v) is 3.76. The molecule has 0 spiro atoms. The third kappa shape index (κ3) is 2.30. The van der Waals surface area contributed by atoms with E-state index in [4.69, 9.17) is 7.85 Å². The Kier molecular flexibility index (Phi) is 2.60. The summed E-state index contributed by atoms with van der Waals surface area (Å²) in [6.07, 6.45) is 4.99. The van der Waals surface area contributed by atoms with Crippen molar-refractivity contribution >= 4 is 7.85 Å². The molecule has 74 valence electrons. The summed E-state index contributed by atoms with van der Waals surface area (Å²) in [6, 6.07) is 0. The minimum absolute atomic E-state index is 0.0503. The maximum atomic E-state index is 6.51. The maximum absolute atomic E-state index is 6.51. The molecule has 0 saturated heterocycles. The normalized spacial score (nSPS) is 34.5. The molecule has 0 nitrogen and oxygen atoms in total. The van der Waals surface area contributed by atoms with Gasteiger partial charge in [-0.1, -0.05) is 52.8 Å². The molecule has 1 rings (SSSR count). The van der Waals surface area contributed by atoms with E-state index in [1.165, 1.54) is 25.7 Å². The lowest BCUT2D eigenvalue weighted by Gasteiger charge is -2.51. The van der Waals surface area contributed by atoms with Gasteiger partial charge in [-0.05, 0) is 23.7 Å². The van der Waals surface area contributed by atoms with Crippen LogP contribution in [0.15, 0.2) is 0 Å². The molecular formula is C12H23B. The Labute approximate surface area is 84.9 Å². The zero-order valence-electron chi connectivity index (χ0n) is 9.91. The van der Waals surface area contributed by atoms with Crippen LogP contribution in [-0.2, 0) is 0 Å².